The van der Waals surface area contributed by atoms with E-state index in [2.05, 4.69) is 63.7 Å². The molecular formula is C11H6Br4O5. The number of hydrogen-bond donors (Lipinski definition) is 0. The molecular weight excluding hydrogens is 532 g/mol. The summed E-state index contributed by atoms with van der Waals surface area (Å²) in [6.45, 7) is 0. The molecule has 0 radical (unpaired) electrons. The number of ketones is 1. The lowest BCUT2D eigenvalue weighted by Crippen LogP contribution is -2.20. The minimum atomic E-state index is -0.632. The number of carbonyl (C=O) groups is 3. The molecule has 9 heteroatoms. The Kier molecular flexibility index (Phi) is 5.25. The number of rotatable bonds is 4. The van der Waals surface area contributed by atoms with Crippen molar-refractivity contribution in [2.45, 2.75) is 25.0 Å². The van der Waals surface area contributed by atoms with Crippen LogP contribution in [0.15, 0.2) is 17.9 Å². The lowest BCUT2D eigenvalue weighted by Gasteiger charge is -2.12. The lowest BCUT2D eigenvalue weighted by molar-refractivity contribution is -0.140. The van der Waals surface area contributed by atoms with Gasteiger partial charge in [0.1, 0.15) is 27.0 Å². The van der Waals surface area contributed by atoms with Gasteiger partial charge in [-0.25, -0.2) is 9.59 Å². The molecule has 0 spiro atoms. The maximum absolute atomic E-state index is 12.0. The van der Waals surface area contributed by atoms with Crippen LogP contribution in [0.1, 0.15) is 12.8 Å². The highest BCUT2D eigenvalue weighted by molar-refractivity contribution is 9.14. The van der Waals surface area contributed by atoms with E-state index in [1.54, 1.807) is 0 Å². The van der Waals surface area contributed by atoms with Gasteiger partial charge in [0.15, 0.2) is 0 Å². The maximum Gasteiger partial charge on any atom is 0.346 e. The molecule has 0 aliphatic carbocycles. The van der Waals surface area contributed by atoms with Gasteiger partial charge < -0.3 is 9.47 Å². The largest absolute Gasteiger partial charge is 0.452 e. The standard InChI is InChI=1S/C11H6Br4O5/c12-6-4(19-10(17)8(6)14)1-3(16)2-5-7(13)9(15)11(18)20-5/h4-5H,1-2H2/t4-,5-/m0/s1. The number of halogens is 4. The lowest BCUT2D eigenvalue weighted by atomic mass is 10.1. The third kappa shape index (κ3) is 3.26. The van der Waals surface area contributed by atoms with Gasteiger partial charge in [-0.3, -0.25) is 4.79 Å². The average molecular weight is 538 g/mol. The highest BCUT2D eigenvalue weighted by atomic mass is 79.9. The van der Waals surface area contributed by atoms with E-state index in [1.807, 2.05) is 0 Å². The van der Waals surface area contributed by atoms with E-state index in [4.69, 9.17) is 9.47 Å². The Bertz CT molecular complexity index is 517. The first-order valence-corrected chi connectivity index (χ1v) is 8.52. The second kappa shape index (κ2) is 6.41. The van der Waals surface area contributed by atoms with Crippen LogP contribution in [0.3, 0.4) is 0 Å². The molecule has 2 heterocycles. The molecule has 0 N–H and O–H groups in total. The third-order valence-corrected chi connectivity index (χ3v) is 7.05. The van der Waals surface area contributed by atoms with E-state index in [0.29, 0.717) is 8.96 Å². The Labute approximate surface area is 147 Å². The first-order valence-electron chi connectivity index (χ1n) is 5.35. The zero-order valence-electron chi connectivity index (χ0n) is 9.62. The minimum absolute atomic E-state index is 0.0212. The summed E-state index contributed by atoms with van der Waals surface area (Å²) in [5, 5.41) is 0. The summed E-state index contributed by atoms with van der Waals surface area (Å²) < 4.78 is 11.6. The predicted molar refractivity (Wildman–Crippen MR) is 83.8 cm³/mol. The van der Waals surface area contributed by atoms with Crippen molar-refractivity contribution in [1.29, 1.82) is 0 Å². The van der Waals surface area contributed by atoms with E-state index >= 15 is 0 Å². The quantitative estimate of drug-likeness (QED) is 0.515. The second-order valence-electron chi connectivity index (χ2n) is 4.06. The fourth-order valence-electron chi connectivity index (χ4n) is 1.70. The molecule has 108 valence electrons. The van der Waals surface area contributed by atoms with Gasteiger partial charge in [0.25, 0.3) is 0 Å². The number of hydrogen-bond acceptors (Lipinski definition) is 5. The molecule has 20 heavy (non-hydrogen) atoms. The molecule has 0 saturated carbocycles. The van der Waals surface area contributed by atoms with Gasteiger partial charge in [-0.15, -0.1) is 0 Å². The molecule has 2 aliphatic heterocycles. The van der Waals surface area contributed by atoms with E-state index in [9.17, 15) is 14.4 Å². The molecule has 2 aliphatic rings. The van der Waals surface area contributed by atoms with E-state index < -0.39 is 24.1 Å². The van der Waals surface area contributed by atoms with Crippen molar-refractivity contribution in [3.63, 3.8) is 0 Å². The zero-order chi connectivity index (χ0) is 15.0. The molecule has 5 nitrogen and oxygen atoms in total. The van der Waals surface area contributed by atoms with Crippen LogP contribution in [-0.4, -0.2) is 29.9 Å². The molecule has 0 unspecified atom stereocenters. The summed E-state index contributed by atoms with van der Waals surface area (Å²) in [6, 6.07) is 0. The van der Waals surface area contributed by atoms with Gasteiger partial charge in [0, 0.05) is 12.8 Å². The van der Waals surface area contributed by atoms with Crippen molar-refractivity contribution in [3.05, 3.63) is 17.9 Å². The first kappa shape index (κ1) is 16.4. The summed E-state index contributed by atoms with van der Waals surface area (Å²) in [5.74, 6) is -1.20. The maximum atomic E-state index is 12.0. The summed E-state index contributed by atoms with van der Waals surface area (Å²) in [5.41, 5.74) is 0. The number of ether oxygens (including phenoxy) is 2. The Morgan fingerprint density at radius 2 is 1.20 bits per heavy atom. The highest BCUT2D eigenvalue weighted by Crippen LogP contribution is 2.36. The van der Waals surface area contributed by atoms with Crippen LogP contribution in [0.4, 0.5) is 0 Å². The molecule has 0 aromatic heterocycles. The van der Waals surface area contributed by atoms with E-state index in [0.717, 1.165) is 0 Å². The Morgan fingerprint density at radius 1 is 0.850 bits per heavy atom. The van der Waals surface area contributed by atoms with Crippen molar-refractivity contribution in [3.8, 4) is 0 Å². The van der Waals surface area contributed by atoms with Crippen LogP contribution in [0, 0.1) is 0 Å². The number of carbonyl (C=O) groups excluding carboxylic acids is 3. The van der Waals surface area contributed by atoms with Gasteiger partial charge in [-0.2, -0.15) is 0 Å². The topological polar surface area (TPSA) is 69.7 Å². The van der Waals surface area contributed by atoms with Crippen LogP contribution in [0.25, 0.3) is 0 Å². The molecule has 2 rings (SSSR count). The van der Waals surface area contributed by atoms with E-state index in [-0.39, 0.29) is 27.6 Å². The highest BCUT2D eigenvalue weighted by Gasteiger charge is 2.36. The molecule has 0 amide bonds. The second-order valence-corrected chi connectivity index (χ2v) is 7.35. The summed E-state index contributed by atoms with van der Waals surface area (Å²) >= 11 is 12.6. The van der Waals surface area contributed by atoms with Crippen molar-refractivity contribution < 1.29 is 23.9 Å². The average Bonchev–Trinajstić information content (AvgIpc) is 2.76. The van der Waals surface area contributed by atoms with Gasteiger partial charge in [-0.05, 0) is 31.9 Å². The Hall–Kier alpha value is 0.01000. The van der Waals surface area contributed by atoms with E-state index in [1.165, 1.54) is 0 Å². The van der Waals surface area contributed by atoms with Crippen LogP contribution in [-0.2, 0) is 23.9 Å². The Morgan fingerprint density at radius 3 is 1.45 bits per heavy atom. The van der Waals surface area contributed by atoms with Crippen molar-refractivity contribution in [2.24, 2.45) is 0 Å². The van der Waals surface area contributed by atoms with Crippen LogP contribution >= 0.6 is 63.7 Å². The number of Topliss-reactive ketones (excluding diaryl/α,β-unsaturated/α-hetero) is 1. The van der Waals surface area contributed by atoms with Crippen LogP contribution in [0.5, 0.6) is 0 Å². The van der Waals surface area contributed by atoms with Gasteiger partial charge >= 0.3 is 11.9 Å². The minimum Gasteiger partial charge on any atom is -0.452 e. The van der Waals surface area contributed by atoms with Crippen molar-refractivity contribution in [1.82, 2.24) is 0 Å². The first-order chi connectivity index (χ1) is 9.31. The van der Waals surface area contributed by atoms with Crippen LogP contribution in [0.2, 0.25) is 0 Å². The van der Waals surface area contributed by atoms with Gasteiger partial charge in [-0.1, -0.05) is 31.9 Å². The number of cyclic esters (lactones) is 2. The normalized spacial score (nSPS) is 26.2. The fraction of sp³-hybridized carbons (Fsp3) is 0.364. The molecule has 0 aromatic carbocycles. The molecule has 0 bridgehead atoms. The SMILES string of the molecule is O=C(C[C@@H]1OC(=O)C(Br)=C1Br)C[C@@H]1OC(=O)C(Br)=C1Br. The molecule has 0 saturated heterocycles. The summed E-state index contributed by atoms with van der Waals surface area (Å²) in [7, 11) is 0. The van der Waals surface area contributed by atoms with Crippen molar-refractivity contribution in [2.75, 3.05) is 0 Å². The Balaban J connectivity index is 1.95. The van der Waals surface area contributed by atoms with Crippen molar-refractivity contribution >= 4 is 81.4 Å². The smallest absolute Gasteiger partial charge is 0.346 e. The third-order valence-electron chi connectivity index (χ3n) is 2.67. The molecule has 0 aromatic rings. The monoisotopic (exact) mass is 534 g/mol. The molecule has 2 atom stereocenters. The predicted octanol–water partition coefficient (Wildman–Crippen LogP) is 3.19. The summed E-state index contributed by atoms with van der Waals surface area (Å²) in [6.07, 6.45) is -1.22. The van der Waals surface area contributed by atoms with Gasteiger partial charge in [0.05, 0.1) is 8.96 Å². The molecule has 0 fully saturated rings. The van der Waals surface area contributed by atoms with Gasteiger partial charge in [0.2, 0.25) is 0 Å². The van der Waals surface area contributed by atoms with Crippen LogP contribution < -0.4 is 0 Å². The fourth-order valence-corrected chi connectivity index (χ4v) is 3.23. The number of esters is 2. The summed E-state index contributed by atoms with van der Waals surface area (Å²) in [4.78, 5) is 34.6. The zero-order valence-corrected chi connectivity index (χ0v) is 16.0.